The van der Waals surface area contributed by atoms with Crippen LogP contribution in [0.15, 0.2) is 23.8 Å². The maximum atomic E-state index is 11.1. The van der Waals surface area contributed by atoms with Crippen LogP contribution < -0.4 is 9.47 Å². The smallest absolute Gasteiger partial charge is 0.231 e. The third-order valence-corrected chi connectivity index (χ3v) is 2.34. The topological polar surface area (TPSA) is 35.5 Å². The number of allylic oxidation sites excluding steroid dienone is 1. The van der Waals surface area contributed by atoms with Crippen molar-refractivity contribution in [3.8, 4) is 11.5 Å². The zero-order valence-corrected chi connectivity index (χ0v) is 8.74. The van der Waals surface area contributed by atoms with E-state index in [9.17, 15) is 4.79 Å². The zero-order valence-electron chi connectivity index (χ0n) is 8.74. The summed E-state index contributed by atoms with van der Waals surface area (Å²) in [6, 6.07) is 5.62. The van der Waals surface area contributed by atoms with Gasteiger partial charge in [-0.25, -0.2) is 0 Å². The van der Waals surface area contributed by atoms with Crippen LogP contribution in [0.25, 0.3) is 6.08 Å². The summed E-state index contributed by atoms with van der Waals surface area (Å²) in [6.45, 7) is 3.62. The van der Waals surface area contributed by atoms with Gasteiger partial charge in [0.1, 0.15) is 0 Å². The van der Waals surface area contributed by atoms with Gasteiger partial charge >= 0.3 is 0 Å². The van der Waals surface area contributed by atoms with Gasteiger partial charge in [-0.2, -0.15) is 0 Å². The minimum Gasteiger partial charge on any atom is -0.454 e. The molecule has 0 spiro atoms. The first-order chi connectivity index (χ1) is 7.16. The standard InChI is InChI=1S/C12H12O3/c1-8(9(2)13)5-10-3-4-11-12(6-10)15-7-14-11/h3-6H,7H2,1-2H3/b8-5+. The quantitative estimate of drug-likeness (QED) is 0.694. The van der Waals surface area contributed by atoms with Gasteiger partial charge in [-0.15, -0.1) is 0 Å². The Balaban J connectivity index is 2.31. The minimum absolute atomic E-state index is 0.0765. The van der Waals surface area contributed by atoms with Crippen molar-refractivity contribution >= 4 is 11.9 Å². The molecule has 15 heavy (non-hydrogen) atoms. The second-order valence-electron chi connectivity index (χ2n) is 3.50. The molecule has 1 aromatic carbocycles. The summed E-state index contributed by atoms with van der Waals surface area (Å²) in [4.78, 5) is 11.1. The second kappa shape index (κ2) is 3.77. The van der Waals surface area contributed by atoms with Crippen molar-refractivity contribution < 1.29 is 14.3 Å². The molecular weight excluding hydrogens is 192 g/mol. The summed E-state index contributed by atoms with van der Waals surface area (Å²) in [5.74, 6) is 1.57. The molecule has 0 saturated heterocycles. The highest BCUT2D eigenvalue weighted by Crippen LogP contribution is 2.33. The number of carbonyl (C=O) groups is 1. The zero-order chi connectivity index (χ0) is 10.8. The lowest BCUT2D eigenvalue weighted by Crippen LogP contribution is -1.93. The molecule has 1 aliphatic heterocycles. The fraction of sp³-hybridized carbons (Fsp3) is 0.250. The van der Waals surface area contributed by atoms with E-state index in [1.807, 2.05) is 24.3 Å². The van der Waals surface area contributed by atoms with Crippen LogP contribution in [0.3, 0.4) is 0 Å². The van der Waals surface area contributed by atoms with Crippen LogP contribution in [0.2, 0.25) is 0 Å². The lowest BCUT2D eigenvalue weighted by Gasteiger charge is -1.99. The molecule has 3 nitrogen and oxygen atoms in total. The molecule has 0 bridgehead atoms. The summed E-state index contributed by atoms with van der Waals surface area (Å²) >= 11 is 0. The van der Waals surface area contributed by atoms with Crippen molar-refractivity contribution in [2.75, 3.05) is 6.79 Å². The molecular formula is C12H12O3. The van der Waals surface area contributed by atoms with Crippen molar-refractivity contribution in [2.45, 2.75) is 13.8 Å². The summed E-state index contributed by atoms with van der Waals surface area (Å²) in [5, 5.41) is 0. The number of fused-ring (bicyclic) bond motifs is 1. The highest BCUT2D eigenvalue weighted by molar-refractivity contribution is 5.97. The number of Topliss-reactive ketones (excluding diaryl/α,β-unsaturated/α-hetero) is 1. The van der Waals surface area contributed by atoms with E-state index < -0.39 is 0 Å². The van der Waals surface area contributed by atoms with Crippen molar-refractivity contribution in [2.24, 2.45) is 0 Å². The van der Waals surface area contributed by atoms with Crippen LogP contribution in [0.5, 0.6) is 11.5 Å². The molecule has 0 atom stereocenters. The van der Waals surface area contributed by atoms with Gasteiger partial charge in [0.2, 0.25) is 6.79 Å². The Bertz CT molecular complexity index is 432. The van der Waals surface area contributed by atoms with E-state index >= 15 is 0 Å². The third-order valence-electron chi connectivity index (χ3n) is 2.34. The third kappa shape index (κ3) is 2.01. The van der Waals surface area contributed by atoms with E-state index in [1.165, 1.54) is 0 Å². The van der Waals surface area contributed by atoms with Crippen molar-refractivity contribution in [1.82, 2.24) is 0 Å². The second-order valence-corrected chi connectivity index (χ2v) is 3.50. The predicted molar refractivity (Wildman–Crippen MR) is 56.9 cm³/mol. The number of hydrogen-bond acceptors (Lipinski definition) is 3. The number of rotatable bonds is 2. The number of benzene rings is 1. The molecule has 3 heteroatoms. The maximum absolute atomic E-state index is 11.1. The van der Waals surface area contributed by atoms with Gasteiger partial charge in [0.25, 0.3) is 0 Å². The molecule has 1 heterocycles. The molecule has 1 aromatic rings. The number of ether oxygens (including phenoxy) is 2. The highest BCUT2D eigenvalue weighted by atomic mass is 16.7. The Kier molecular flexibility index (Phi) is 2.46. The first kappa shape index (κ1) is 9.77. The molecule has 0 aromatic heterocycles. The van der Waals surface area contributed by atoms with Crippen LogP contribution in [-0.2, 0) is 4.79 Å². The highest BCUT2D eigenvalue weighted by Gasteiger charge is 2.12. The molecule has 1 aliphatic rings. The van der Waals surface area contributed by atoms with Gasteiger partial charge in [0.05, 0.1) is 0 Å². The first-order valence-electron chi connectivity index (χ1n) is 4.76. The van der Waals surface area contributed by atoms with Gasteiger partial charge < -0.3 is 9.47 Å². The van der Waals surface area contributed by atoms with Crippen LogP contribution >= 0.6 is 0 Å². The first-order valence-corrected chi connectivity index (χ1v) is 4.76. The van der Waals surface area contributed by atoms with Gasteiger partial charge in [-0.05, 0) is 43.2 Å². The maximum Gasteiger partial charge on any atom is 0.231 e. The predicted octanol–water partition coefficient (Wildman–Crippen LogP) is 2.41. The Hall–Kier alpha value is -1.77. The van der Waals surface area contributed by atoms with Crippen molar-refractivity contribution in [3.05, 3.63) is 29.3 Å². The lowest BCUT2D eigenvalue weighted by molar-refractivity contribution is -0.113. The summed E-state index contributed by atoms with van der Waals surface area (Å²) < 4.78 is 10.4. The van der Waals surface area contributed by atoms with E-state index in [1.54, 1.807) is 13.8 Å². The molecule has 0 radical (unpaired) electrons. The molecule has 0 unspecified atom stereocenters. The van der Waals surface area contributed by atoms with Crippen molar-refractivity contribution in [1.29, 1.82) is 0 Å². The summed E-state index contributed by atoms with van der Waals surface area (Å²) in [5.41, 5.74) is 1.68. The van der Waals surface area contributed by atoms with E-state index in [2.05, 4.69) is 0 Å². The Labute approximate surface area is 88.3 Å². The summed E-state index contributed by atoms with van der Waals surface area (Å²) in [6.07, 6.45) is 1.84. The average molecular weight is 204 g/mol. The average Bonchev–Trinajstić information content (AvgIpc) is 2.64. The Morgan fingerprint density at radius 3 is 2.73 bits per heavy atom. The Morgan fingerprint density at radius 2 is 2.00 bits per heavy atom. The fourth-order valence-corrected chi connectivity index (χ4v) is 1.35. The van der Waals surface area contributed by atoms with Gasteiger partial charge in [0, 0.05) is 0 Å². The van der Waals surface area contributed by atoms with Crippen LogP contribution in [-0.4, -0.2) is 12.6 Å². The van der Waals surface area contributed by atoms with Crippen LogP contribution in [0, 0.1) is 0 Å². The molecule has 0 N–H and O–H groups in total. The minimum atomic E-state index is 0.0765. The largest absolute Gasteiger partial charge is 0.454 e. The van der Waals surface area contributed by atoms with E-state index in [0.717, 1.165) is 22.6 Å². The van der Waals surface area contributed by atoms with Gasteiger partial charge in [-0.3, -0.25) is 4.79 Å². The van der Waals surface area contributed by atoms with Crippen LogP contribution in [0.4, 0.5) is 0 Å². The number of hydrogen-bond donors (Lipinski definition) is 0. The number of carbonyl (C=O) groups excluding carboxylic acids is 1. The number of ketones is 1. The monoisotopic (exact) mass is 204 g/mol. The van der Waals surface area contributed by atoms with E-state index in [-0.39, 0.29) is 12.6 Å². The lowest BCUT2D eigenvalue weighted by atomic mass is 10.1. The molecule has 0 saturated carbocycles. The SMILES string of the molecule is CC(=O)/C(C)=C/c1ccc2c(c1)OCO2. The van der Waals surface area contributed by atoms with E-state index in [0.29, 0.717) is 0 Å². The molecule has 2 rings (SSSR count). The molecule has 78 valence electrons. The van der Waals surface area contributed by atoms with E-state index in [4.69, 9.17) is 9.47 Å². The fourth-order valence-electron chi connectivity index (χ4n) is 1.35. The van der Waals surface area contributed by atoms with Gasteiger partial charge in [0.15, 0.2) is 17.3 Å². The Morgan fingerprint density at radius 1 is 1.27 bits per heavy atom. The normalized spacial score (nSPS) is 14.1. The van der Waals surface area contributed by atoms with Crippen LogP contribution in [0.1, 0.15) is 19.4 Å². The molecule has 0 aliphatic carbocycles. The molecule has 0 amide bonds. The van der Waals surface area contributed by atoms with Crippen molar-refractivity contribution in [3.63, 3.8) is 0 Å². The van der Waals surface area contributed by atoms with Gasteiger partial charge in [-0.1, -0.05) is 6.07 Å². The molecule has 0 fully saturated rings. The summed E-state index contributed by atoms with van der Waals surface area (Å²) in [7, 11) is 0.